The van der Waals surface area contributed by atoms with Crippen LogP contribution in [0, 0.1) is 5.41 Å². The summed E-state index contributed by atoms with van der Waals surface area (Å²) in [5.74, 6) is -2.75. The van der Waals surface area contributed by atoms with Crippen LogP contribution in [0.5, 0.6) is 0 Å². The van der Waals surface area contributed by atoms with Crippen LogP contribution in [-0.4, -0.2) is 22.2 Å². The Bertz CT molecular complexity index is 311. The second kappa shape index (κ2) is 4.77. The minimum atomic E-state index is -1.91. The minimum absolute atomic E-state index is 0.255. The number of rotatable bonds is 5. The van der Waals surface area contributed by atoms with Crippen LogP contribution >= 0.6 is 0 Å². The summed E-state index contributed by atoms with van der Waals surface area (Å²) < 4.78 is 0. The van der Waals surface area contributed by atoms with Crippen LogP contribution in [0.4, 0.5) is 0 Å². The van der Waals surface area contributed by atoms with E-state index in [1.807, 2.05) is 6.92 Å². The summed E-state index contributed by atoms with van der Waals surface area (Å²) in [6, 6.07) is 0. The Morgan fingerprint density at radius 2 is 1.73 bits per heavy atom. The van der Waals surface area contributed by atoms with Gasteiger partial charge in [0, 0.05) is 0 Å². The van der Waals surface area contributed by atoms with E-state index in [2.05, 4.69) is 6.58 Å². The van der Waals surface area contributed by atoms with Crippen molar-refractivity contribution in [2.24, 2.45) is 5.41 Å². The molecule has 0 aliphatic heterocycles. The van der Waals surface area contributed by atoms with Crippen molar-refractivity contribution in [1.29, 1.82) is 0 Å². The van der Waals surface area contributed by atoms with Crippen molar-refractivity contribution in [2.45, 2.75) is 27.2 Å². The lowest BCUT2D eigenvalue weighted by Crippen LogP contribution is -2.38. The predicted molar refractivity (Wildman–Crippen MR) is 56.6 cm³/mol. The number of hydrogen-bond acceptors (Lipinski definition) is 2. The van der Waals surface area contributed by atoms with Crippen molar-refractivity contribution in [3.8, 4) is 0 Å². The van der Waals surface area contributed by atoms with Gasteiger partial charge in [-0.05, 0) is 25.8 Å². The molecule has 0 heterocycles. The van der Waals surface area contributed by atoms with Gasteiger partial charge in [0.05, 0.1) is 0 Å². The Labute approximate surface area is 88.9 Å². The van der Waals surface area contributed by atoms with Crippen molar-refractivity contribution >= 4 is 11.9 Å². The highest BCUT2D eigenvalue weighted by molar-refractivity contribution is 6.02. The first-order valence-corrected chi connectivity index (χ1v) is 4.61. The quantitative estimate of drug-likeness (QED) is 0.540. The molecule has 0 atom stereocenters. The zero-order chi connectivity index (χ0) is 12.2. The lowest BCUT2D eigenvalue weighted by Gasteiger charge is -2.23. The molecular formula is C11H16O4. The SMILES string of the molecule is C=CC(=C(C)CC)C(C)(C(=O)O)C(=O)O. The average Bonchev–Trinajstić information content (AvgIpc) is 2.17. The van der Waals surface area contributed by atoms with Gasteiger partial charge in [0.1, 0.15) is 0 Å². The lowest BCUT2D eigenvalue weighted by atomic mass is 9.79. The van der Waals surface area contributed by atoms with Crippen molar-refractivity contribution < 1.29 is 19.8 Å². The van der Waals surface area contributed by atoms with E-state index >= 15 is 0 Å². The summed E-state index contributed by atoms with van der Waals surface area (Å²) in [7, 11) is 0. The van der Waals surface area contributed by atoms with Gasteiger partial charge >= 0.3 is 11.9 Å². The zero-order valence-electron chi connectivity index (χ0n) is 9.20. The molecule has 0 aromatic heterocycles. The van der Waals surface area contributed by atoms with Gasteiger partial charge in [0.2, 0.25) is 0 Å². The highest BCUT2D eigenvalue weighted by Gasteiger charge is 2.44. The molecule has 0 amide bonds. The fourth-order valence-electron chi connectivity index (χ4n) is 1.32. The summed E-state index contributed by atoms with van der Waals surface area (Å²) in [6.45, 7) is 8.20. The predicted octanol–water partition coefficient (Wildman–Crippen LogP) is 2.07. The van der Waals surface area contributed by atoms with Crippen molar-refractivity contribution in [2.75, 3.05) is 0 Å². The van der Waals surface area contributed by atoms with Crippen molar-refractivity contribution in [3.05, 3.63) is 23.8 Å². The van der Waals surface area contributed by atoms with Crippen LogP contribution < -0.4 is 0 Å². The first-order chi connectivity index (χ1) is 6.82. The smallest absolute Gasteiger partial charge is 0.325 e. The maximum atomic E-state index is 11.0. The summed E-state index contributed by atoms with van der Waals surface area (Å²) in [5.41, 5.74) is -0.940. The molecule has 0 fully saturated rings. The fourth-order valence-corrected chi connectivity index (χ4v) is 1.32. The lowest BCUT2D eigenvalue weighted by molar-refractivity contribution is -0.160. The first-order valence-electron chi connectivity index (χ1n) is 4.61. The Morgan fingerprint density at radius 1 is 1.33 bits per heavy atom. The van der Waals surface area contributed by atoms with Gasteiger partial charge in [-0.1, -0.05) is 25.2 Å². The van der Waals surface area contributed by atoms with E-state index in [9.17, 15) is 9.59 Å². The largest absolute Gasteiger partial charge is 0.480 e. The van der Waals surface area contributed by atoms with Gasteiger partial charge in [-0.25, -0.2) is 0 Å². The Morgan fingerprint density at radius 3 is 1.93 bits per heavy atom. The fraction of sp³-hybridized carbons (Fsp3) is 0.455. The molecule has 0 aliphatic carbocycles. The zero-order valence-corrected chi connectivity index (χ0v) is 9.20. The third-order valence-corrected chi connectivity index (χ3v) is 2.59. The van der Waals surface area contributed by atoms with Crippen molar-refractivity contribution in [3.63, 3.8) is 0 Å². The van der Waals surface area contributed by atoms with Crippen LogP contribution in [-0.2, 0) is 9.59 Å². The number of carboxylic acid groups (broad SMARTS) is 2. The maximum Gasteiger partial charge on any atom is 0.325 e. The van der Waals surface area contributed by atoms with E-state index in [1.165, 1.54) is 13.0 Å². The second-order valence-corrected chi connectivity index (χ2v) is 3.49. The van der Waals surface area contributed by atoms with Gasteiger partial charge in [-0.3, -0.25) is 9.59 Å². The van der Waals surface area contributed by atoms with Crippen LogP contribution in [0.2, 0.25) is 0 Å². The monoisotopic (exact) mass is 212 g/mol. The summed E-state index contributed by atoms with van der Waals surface area (Å²) in [4.78, 5) is 22.0. The molecule has 0 rings (SSSR count). The molecule has 0 bridgehead atoms. The number of hydrogen-bond donors (Lipinski definition) is 2. The average molecular weight is 212 g/mol. The molecule has 0 radical (unpaired) electrons. The molecule has 4 heteroatoms. The molecule has 2 N–H and O–H groups in total. The third kappa shape index (κ3) is 2.26. The normalized spacial score (nSPS) is 13.0. The topological polar surface area (TPSA) is 74.6 Å². The van der Waals surface area contributed by atoms with Gasteiger partial charge in [-0.2, -0.15) is 0 Å². The molecular weight excluding hydrogens is 196 g/mol. The molecule has 0 aliphatic rings. The molecule has 0 unspecified atom stereocenters. The van der Waals surface area contributed by atoms with Crippen LogP contribution in [0.1, 0.15) is 27.2 Å². The van der Waals surface area contributed by atoms with E-state index in [-0.39, 0.29) is 5.57 Å². The molecule has 0 saturated carbocycles. The van der Waals surface area contributed by atoms with E-state index in [4.69, 9.17) is 10.2 Å². The summed E-state index contributed by atoms with van der Waals surface area (Å²) in [6.07, 6.45) is 1.90. The Balaban J connectivity index is 5.74. The second-order valence-electron chi connectivity index (χ2n) is 3.49. The Kier molecular flexibility index (Phi) is 4.27. The molecule has 0 aromatic carbocycles. The molecule has 0 aromatic rings. The highest BCUT2D eigenvalue weighted by Crippen LogP contribution is 2.32. The van der Waals surface area contributed by atoms with E-state index in [0.717, 1.165) is 5.57 Å². The van der Waals surface area contributed by atoms with Crippen LogP contribution in [0.3, 0.4) is 0 Å². The molecule has 15 heavy (non-hydrogen) atoms. The van der Waals surface area contributed by atoms with E-state index in [1.54, 1.807) is 6.92 Å². The summed E-state index contributed by atoms with van der Waals surface area (Å²) in [5, 5.41) is 18.0. The maximum absolute atomic E-state index is 11.0. The minimum Gasteiger partial charge on any atom is -0.480 e. The van der Waals surface area contributed by atoms with Crippen molar-refractivity contribution in [1.82, 2.24) is 0 Å². The van der Waals surface area contributed by atoms with Gasteiger partial charge in [0.15, 0.2) is 5.41 Å². The number of carboxylic acids is 2. The molecule has 84 valence electrons. The molecule has 4 nitrogen and oxygen atoms in total. The standard InChI is InChI=1S/C11H16O4/c1-5-7(3)8(6-2)11(4,9(12)13)10(14)15/h6H,2,5H2,1,3-4H3,(H,12,13)(H,14,15). The third-order valence-electron chi connectivity index (χ3n) is 2.59. The number of aliphatic carboxylic acids is 2. The highest BCUT2D eigenvalue weighted by atomic mass is 16.4. The van der Waals surface area contributed by atoms with E-state index < -0.39 is 17.4 Å². The number of carbonyl (C=O) groups is 2. The summed E-state index contributed by atoms with van der Waals surface area (Å²) >= 11 is 0. The van der Waals surface area contributed by atoms with Gasteiger partial charge < -0.3 is 10.2 Å². The van der Waals surface area contributed by atoms with E-state index in [0.29, 0.717) is 6.42 Å². The van der Waals surface area contributed by atoms with Crippen LogP contribution in [0.15, 0.2) is 23.8 Å². The van der Waals surface area contributed by atoms with Crippen LogP contribution in [0.25, 0.3) is 0 Å². The van der Waals surface area contributed by atoms with Gasteiger partial charge in [0.25, 0.3) is 0 Å². The molecule has 0 spiro atoms. The molecule has 0 saturated heterocycles. The first kappa shape index (κ1) is 13.4. The van der Waals surface area contributed by atoms with Gasteiger partial charge in [-0.15, -0.1) is 0 Å². The Hall–Kier alpha value is -1.58. The number of allylic oxidation sites excluding steroid dienone is 2.